The van der Waals surface area contributed by atoms with Gasteiger partial charge in [0.15, 0.2) is 0 Å². The molecule has 5 nitrogen and oxygen atoms in total. The molecule has 0 spiro atoms. The van der Waals surface area contributed by atoms with E-state index in [2.05, 4.69) is 6.92 Å². The third-order valence-electron chi connectivity index (χ3n) is 4.72. The molecule has 1 saturated carbocycles. The maximum atomic E-state index is 12.4. The number of amides is 1. The van der Waals surface area contributed by atoms with Gasteiger partial charge in [-0.2, -0.15) is 0 Å². The molecule has 1 unspecified atom stereocenters. The maximum Gasteiger partial charge on any atom is 0.410 e. The lowest BCUT2D eigenvalue weighted by Crippen LogP contribution is -2.42. The molecule has 1 fully saturated rings. The molecule has 134 valence electrons. The first-order valence-corrected chi connectivity index (χ1v) is 8.83. The molecule has 5 heteroatoms. The predicted octanol–water partition coefficient (Wildman–Crippen LogP) is 2.80. The standard InChI is InChI=1S/C19H29NO4/c1-15-7-9-16(10-8-15)11-20(12-18(22)13-21)19(23)24-14-17-5-3-2-4-6-17/h2-6,15-16,18,21-22H,7-14H2,1H3. The zero-order chi connectivity index (χ0) is 17.4. The quantitative estimate of drug-likeness (QED) is 0.804. The maximum absolute atomic E-state index is 12.4. The van der Waals surface area contributed by atoms with E-state index < -0.39 is 12.2 Å². The average molecular weight is 335 g/mol. The molecular weight excluding hydrogens is 306 g/mol. The van der Waals surface area contributed by atoms with Gasteiger partial charge in [0.05, 0.1) is 19.3 Å². The highest BCUT2D eigenvalue weighted by Gasteiger charge is 2.25. The van der Waals surface area contributed by atoms with Crippen molar-refractivity contribution in [3.8, 4) is 0 Å². The van der Waals surface area contributed by atoms with Crippen molar-refractivity contribution >= 4 is 6.09 Å². The number of rotatable bonds is 7. The Bertz CT molecular complexity index is 485. The first-order chi connectivity index (χ1) is 11.6. The molecule has 0 bridgehead atoms. The van der Waals surface area contributed by atoms with E-state index in [1.54, 1.807) is 4.90 Å². The van der Waals surface area contributed by atoms with E-state index in [4.69, 9.17) is 9.84 Å². The highest BCUT2D eigenvalue weighted by atomic mass is 16.6. The summed E-state index contributed by atoms with van der Waals surface area (Å²) < 4.78 is 5.39. The molecule has 2 N–H and O–H groups in total. The molecule has 0 aromatic heterocycles. The molecule has 0 heterocycles. The Balaban J connectivity index is 1.89. The van der Waals surface area contributed by atoms with E-state index >= 15 is 0 Å². The lowest BCUT2D eigenvalue weighted by Gasteiger charge is -2.32. The minimum atomic E-state index is -0.934. The van der Waals surface area contributed by atoms with E-state index in [9.17, 15) is 9.90 Å². The van der Waals surface area contributed by atoms with E-state index in [1.165, 1.54) is 12.8 Å². The Morgan fingerprint density at radius 3 is 2.54 bits per heavy atom. The summed E-state index contributed by atoms with van der Waals surface area (Å²) in [6.45, 7) is 2.81. The van der Waals surface area contributed by atoms with Crippen molar-refractivity contribution in [1.82, 2.24) is 4.90 Å². The van der Waals surface area contributed by atoms with Crippen LogP contribution in [0.1, 0.15) is 38.2 Å². The topological polar surface area (TPSA) is 70.0 Å². The van der Waals surface area contributed by atoms with Gasteiger partial charge in [-0.25, -0.2) is 4.79 Å². The molecule has 1 aliphatic carbocycles. The minimum absolute atomic E-state index is 0.107. The van der Waals surface area contributed by atoms with E-state index in [-0.39, 0.29) is 19.8 Å². The highest BCUT2D eigenvalue weighted by molar-refractivity contribution is 5.67. The predicted molar refractivity (Wildman–Crippen MR) is 92.4 cm³/mol. The normalized spacial score (nSPS) is 22.0. The van der Waals surface area contributed by atoms with Gasteiger partial charge in [0.2, 0.25) is 0 Å². The summed E-state index contributed by atoms with van der Waals surface area (Å²) in [6, 6.07) is 9.53. The highest BCUT2D eigenvalue weighted by Crippen LogP contribution is 2.29. The van der Waals surface area contributed by atoms with Crippen LogP contribution in [0.5, 0.6) is 0 Å². The van der Waals surface area contributed by atoms with Crippen LogP contribution in [-0.2, 0) is 11.3 Å². The summed E-state index contributed by atoms with van der Waals surface area (Å²) >= 11 is 0. The van der Waals surface area contributed by atoms with Gasteiger partial charge in [-0.1, -0.05) is 50.1 Å². The van der Waals surface area contributed by atoms with Gasteiger partial charge >= 0.3 is 6.09 Å². The van der Waals surface area contributed by atoms with Crippen molar-refractivity contribution in [2.24, 2.45) is 11.8 Å². The van der Waals surface area contributed by atoms with Crippen LogP contribution < -0.4 is 0 Å². The van der Waals surface area contributed by atoms with Crippen LogP contribution in [0, 0.1) is 11.8 Å². The van der Waals surface area contributed by atoms with Crippen LogP contribution in [0.4, 0.5) is 4.79 Å². The second-order valence-electron chi connectivity index (χ2n) is 6.91. The van der Waals surface area contributed by atoms with Crippen molar-refractivity contribution in [3.63, 3.8) is 0 Å². The Morgan fingerprint density at radius 1 is 1.25 bits per heavy atom. The van der Waals surface area contributed by atoms with E-state index in [1.807, 2.05) is 30.3 Å². The van der Waals surface area contributed by atoms with Gasteiger partial charge in [0, 0.05) is 6.54 Å². The van der Waals surface area contributed by atoms with Crippen molar-refractivity contribution in [2.75, 3.05) is 19.7 Å². The summed E-state index contributed by atoms with van der Waals surface area (Å²) in [5.41, 5.74) is 0.931. The third kappa shape index (κ3) is 6.13. The Morgan fingerprint density at radius 2 is 1.92 bits per heavy atom. The lowest BCUT2D eigenvalue weighted by atomic mass is 9.83. The number of carbonyl (C=O) groups excluding carboxylic acids is 1. The first-order valence-electron chi connectivity index (χ1n) is 8.83. The average Bonchev–Trinajstić information content (AvgIpc) is 2.61. The SMILES string of the molecule is CC1CCC(CN(CC(O)CO)C(=O)OCc2ccccc2)CC1. The molecule has 2 rings (SSSR count). The molecule has 24 heavy (non-hydrogen) atoms. The second kappa shape index (κ2) is 9.64. The zero-order valence-electron chi connectivity index (χ0n) is 14.4. The molecule has 1 aliphatic rings. The van der Waals surface area contributed by atoms with E-state index in [0.717, 1.165) is 24.3 Å². The molecule has 1 atom stereocenters. The number of ether oxygens (including phenoxy) is 1. The number of hydrogen-bond donors (Lipinski definition) is 2. The number of carbonyl (C=O) groups is 1. The summed E-state index contributed by atoms with van der Waals surface area (Å²) in [6.07, 6.45) is 3.19. The van der Waals surface area contributed by atoms with Crippen molar-refractivity contribution < 1.29 is 19.7 Å². The molecule has 0 radical (unpaired) electrons. The molecule has 0 saturated heterocycles. The van der Waals surface area contributed by atoms with Crippen LogP contribution in [-0.4, -0.2) is 47.0 Å². The van der Waals surface area contributed by atoms with Crippen molar-refractivity contribution in [1.29, 1.82) is 0 Å². The number of nitrogens with zero attached hydrogens (tertiary/aromatic N) is 1. The molecule has 0 aliphatic heterocycles. The van der Waals surface area contributed by atoms with Crippen LogP contribution >= 0.6 is 0 Å². The fourth-order valence-corrected chi connectivity index (χ4v) is 3.17. The van der Waals surface area contributed by atoms with Gasteiger partial charge in [-0.15, -0.1) is 0 Å². The van der Waals surface area contributed by atoms with Crippen LogP contribution in [0.2, 0.25) is 0 Å². The third-order valence-corrected chi connectivity index (χ3v) is 4.72. The summed E-state index contributed by atoms with van der Waals surface area (Å²) in [5.74, 6) is 1.19. The largest absolute Gasteiger partial charge is 0.445 e. The van der Waals surface area contributed by atoms with Crippen LogP contribution in [0.3, 0.4) is 0 Å². The van der Waals surface area contributed by atoms with Gasteiger partial charge in [0.25, 0.3) is 0 Å². The number of aliphatic hydroxyl groups is 2. The van der Waals surface area contributed by atoms with Crippen molar-refractivity contribution in [3.05, 3.63) is 35.9 Å². The van der Waals surface area contributed by atoms with Crippen LogP contribution in [0.15, 0.2) is 30.3 Å². The van der Waals surface area contributed by atoms with Crippen LogP contribution in [0.25, 0.3) is 0 Å². The molecule has 1 amide bonds. The summed E-state index contributed by atoms with van der Waals surface area (Å²) in [7, 11) is 0. The second-order valence-corrected chi connectivity index (χ2v) is 6.91. The number of benzene rings is 1. The van der Waals surface area contributed by atoms with Gasteiger partial charge in [0.1, 0.15) is 6.61 Å². The zero-order valence-corrected chi connectivity index (χ0v) is 14.4. The smallest absolute Gasteiger partial charge is 0.410 e. The summed E-state index contributed by atoms with van der Waals surface area (Å²) in [5, 5.41) is 18.8. The first kappa shape index (κ1) is 18.7. The molecule has 1 aromatic carbocycles. The van der Waals surface area contributed by atoms with Gasteiger partial charge < -0.3 is 19.8 Å². The monoisotopic (exact) mass is 335 g/mol. The fourth-order valence-electron chi connectivity index (χ4n) is 3.17. The summed E-state index contributed by atoms with van der Waals surface area (Å²) in [4.78, 5) is 14.0. The Labute approximate surface area is 144 Å². The van der Waals surface area contributed by atoms with Crippen molar-refractivity contribution in [2.45, 2.75) is 45.3 Å². The van der Waals surface area contributed by atoms with E-state index in [0.29, 0.717) is 12.5 Å². The number of aliphatic hydroxyl groups excluding tert-OH is 2. The Hall–Kier alpha value is -1.59. The Kier molecular flexibility index (Phi) is 7.53. The fraction of sp³-hybridized carbons (Fsp3) is 0.632. The minimum Gasteiger partial charge on any atom is -0.445 e. The number of hydrogen-bond acceptors (Lipinski definition) is 4. The molecular formula is C19H29NO4. The van der Waals surface area contributed by atoms with Gasteiger partial charge in [-0.05, 0) is 30.2 Å². The van der Waals surface area contributed by atoms with Gasteiger partial charge in [-0.3, -0.25) is 0 Å². The molecule has 1 aromatic rings. The lowest BCUT2D eigenvalue weighted by molar-refractivity contribution is 0.0368.